The summed E-state index contributed by atoms with van der Waals surface area (Å²) >= 11 is 0. The topological polar surface area (TPSA) is 72.5 Å². The highest BCUT2D eigenvalue weighted by Gasteiger charge is 2.21. The van der Waals surface area contributed by atoms with Crippen LogP contribution in [0, 0.1) is 0 Å². The van der Waals surface area contributed by atoms with Crippen LogP contribution in [-0.4, -0.2) is 24.2 Å². The highest BCUT2D eigenvalue weighted by molar-refractivity contribution is 6.33. The summed E-state index contributed by atoms with van der Waals surface area (Å²) in [6.45, 7) is 0.673. The molecule has 1 aliphatic rings. The molecule has 0 radical (unpaired) electrons. The quantitative estimate of drug-likeness (QED) is 0.154. The number of nitrogens with one attached hydrogen (secondary N) is 1. The molecule has 0 atom stereocenters. The number of unbranched alkanes of at least 4 members (excludes halogenated alkanes) is 3. The Kier molecular flexibility index (Phi) is 8.60. The maximum absolute atomic E-state index is 12.2. The first kappa shape index (κ1) is 24.9. The van der Waals surface area contributed by atoms with Gasteiger partial charge >= 0.3 is 0 Å². The Morgan fingerprint density at radius 1 is 0.806 bits per heavy atom. The fourth-order valence-corrected chi connectivity index (χ4v) is 4.00. The molecule has 0 bridgehead atoms. The molecule has 4 rings (SSSR count). The summed E-state index contributed by atoms with van der Waals surface area (Å²) < 4.78 is 5.85. The van der Waals surface area contributed by atoms with Gasteiger partial charge in [0.25, 0.3) is 11.8 Å². The van der Waals surface area contributed by atoms with Crippen LogP contribution >= 0.6 is 0 Å². The SMILES string of the molecule is O=C1C=C(c2ccc(CCCCCCOc3ccc(C=CC(=O)c4ccccc4)cc3)cc2)C(=O)N1. The fraction of sp³-hybridized carbons (Fsp3) is 0.194. The van der Waals surface area contributed by atoms with E-state index in [9.17, 15) is 14.4 Å². The first-order valence-electron chi connectivity index (χ1n) is 12.3. The Hall–Kier alpha value is -4.25. The highest BCUT2D eigenvalue weighted by atomic mass is 16.5. The van der Waals surface area contributed by atoms with E-state index < -0.39 is 0 Å². The second-order valence-electron chi connectivity index (χ2n) is 8.72. The minimum Gasteiger partial charge on any atom is -0.494 e. The number of hydrogen-bond acceptors (Lipinski definition) is 4. The third-order valence-corrected chi connectivity index (χ3v) is 6.02. The van der Waals surface area contributed by atoms with E-state index in [1.165, 1.54) is 11.6 Å². The van der Waals surface area contributed by atoms with Gasteiger partial charge in [-0.1, -0.05) is 85.6 Å². The first-order valence-corrected chi connectivity index (χ1v) is 12.3. The van der Waals surface area contributed by atoms with Crippen molar-refractivity contribution in [3.63, 3.8) is 0 Å². The van der Waals surface area contributed by atoms with Gasteiger partial charge in [-0.3, -0.25) is 19.7 Å². The molecule has 1 heterocycles. The lowest BCUT2D eigenvalue weighted by atomic mass is 10.0. The zero-order chi connectivity index (χ0) is 25.2. The summed E-state index contributed by atoms with van der Waals surface area (Å²) in [6.07, 6.45) is 10.0. The normalized spacial score (nSPS) is 13.1. The van der Waals surface area contributed by atoms with Crippen LogP contribution in [0.15, 0.2) is 91.0 Å². The van der Waals surface area contributed by atoms with Gasteiger partial charge in [0.1, 0.15) is 5.75 Å². The second-order valence-corrected chi connectivity index (χ2v) is 8.72. The number of benzene rings is 3. The number of hydrogen-bond donors (Lipinski definition) is 1. The van der Waals surface area contributed by atoms with Crippen molar-refractivity contribution in [3.8, 4) is 5.75 Å². The number of carbonyl (C=O) groups is 3. The second kappa shape index (κ2) is 12.5. The Morgan fingerprint density at radius 3 is 2.22 bits per heavy atom. The van der Waals surface area contributed by atoms with E-state index in [-0.39, 0.29) is 17.6 Å². The molecule has 5 nitrogen and oxygen atoms in total. The lowest BCUT2D eigenvalue weighted by Gasteiger charge is -2.07. The van der Waals surface area contributed by atoms with Crippen molar-refractivity contribution in [3.05, 3.63) is 113 Å². The van der Waals surface area contributed by atoms with Gasteiger partial charge in [-0.05, 0) is 54.2 Å². The van der Waals surface area contributed by atoms with E-state index >= 15 is 0 Å². The monoisotopic (exact) mass is 479 g/mol. The van der Waals surface area contributed by atoms with Gasteiger partial charge in [0.2, 0.25) is 0 Å². The van der Waals surface area contributed by atoms with Crippen LogP contribution in [-0.2, 0) is 16.0 Å². The van der Waals surface area contributed by atoms with Crippen molar-refractivity contribution in [2.75, 3.05) is 6.61 Å². The molecule has 0 saturated heterocycles. The smallest absolute Gasteiger partial charge is 0.258 e. The summed E-state index contributed by atoms with van der Waals surface area (Å²) in [4.78, 5) is 35.2. The number of ether oxygens (including phenoxy) is 1. The van der Waals surface area contributed by atoms with E-state index in [0.717, 1.165) is 49.0 Å². The van der Waals surface area contributed by atoms with Gasteiger partial charge in [0.05, 0.1) is 12.2 Å². The molecule has 0 aromatic heterocycles. The van der Waals surface area contributed by atoms with Crippen LogP contribution in [0.5, 0.6) is 5.75 Å². The molecule has 1 aliphatic heterocycles. The maximum Gasteiger partial charge on any atom is 0.258 e. The van der Waals surface area contributed by atoms with Crippen molar-refractivity contribution >= 4 is 29.2 Å². The number of rotatable bonds is 12. The molecule has 1 N–H and O–H groups in total. The van der Waals surface area contributed by atoms with E-state index in [1.54, 1.807) is 6.08 Å². The third-order valence-electron chi connectivity index (χ3n) is 6.02. The van der Waals surface area contributed by atoms with Crippen molar-refractivity contribution in [2.45, 2.75) is 32.1 Å². The van der Waals surface area contributed by atoms with E-state index in [1.807, 2.05) is 84.9 Å². The van der Waals surface area contributed by atoms with E-state index in [2.05, 4.69) is 5.32 Å². The van der Waals surface area contributed by atoms with Gasteiger partial charge < -0.3 is 4.74 Å². The average Bonchev–Trinajstić information content (AvgIpc) is 3.25. The van der Waals surface area contributed by atoms with Crippen LogP contribution in [0.3, 0.4) is 0 Å². The summed E-state index contributed by atoms with van der Waals surface area (Å²) in [6, 6.07) is 24.8. The zero-order valence-corrected chi connectivity index (χ0v) is 20.1. The molecule has 0 aliphatic carbocycles. The van der Waals surface area contributed by atoms with Crippen molar-refractivity contribution < 1.29 is 19.1 Å². The van der Waals surface area contributed by atoms with Crippen molar-refractivity contribution in [1.82, 2.24) is 5.32 Å². The molecule has 5 heteroatoms. The summed E-state index contributed by atoms with van der Waals surface area (Å²) in [7, 11) is 0. The number of amides is 2. The van der Waals surface area contributed by atoms with Crippen molar-refractivity contribution in [2.24, 2.45) is 0 Å². The molecule has 36 heavy (non-hydrogen) atoms. The Morgan fingerprint density at radius 2 is 1.53 bits per heavy atom. The number of carbonyl (C=O) groups excluding carboxylic acids is 3. The van der Waals surface area contributed by atoms with Gasteiger partial charge in [0, 0.05) is 11.6 Å². The number of aryl methyl sites for hydroxylation is 1. The third kappa shape index (κ3) is 7.12. The van der Waals surface area contributed by atoms with E-state index in [4.69, 9.17) is 4.74 Å². The standard InChI is InChI=1S/C31H29NO4/c33-29(26-9-5-3-6-10-26)20-15-24-13-18-27(19-14-24)36-21-7-2-1-4-8-23-11-16-25(17-12-23)28-22-30(34)32-31(28)35/h3,5-6,9-20,22H,1-2,4,7-8,21H2,(H,32,34,35). The predicted octanol–water partition coefficient (Wildman–Crippen LogP) is 5.80. The van der Waals surface area contributed by atoms with Crippen molar-refractivity contribution in [1.29, 1.82) is 0 Å². The lowest BCUT2D eigenvalue weighted by Crippen LogP contribution is -2.21. The average molecular weight is 480 g/mol. The molecule has 0 spiro atoms. The first-order chi connectivity index (χ1) is 17.6. The van der Waals surface area contributed by atoms with Crippen LogP contribution in [0.1, 0.15) is 52.7 Å². The predicted molar refractivity (Wildman–Crippen MR) is 141 cm³/mol. The van der Waals surface area contributed by atoms with Crippen LogP contribution in [0.4, 0.5) is 0 Å². The minimum atomic E-state index is -0.357. The summed E-state index contributed by atoms with van der Waals surface area (Å²) in [5.41, 5.74) is 4.05. The molecule has 0 saturated carbocycles. The fourth-order valence-electron chi connectivity index (χ4n) is 4.00. The van der Waals surface area contributed by atoms with E-state index in [0.29, 0.717) is 17.7 Å². The molecule has 3 aromatic carbocycles. The van der Waals surface area contributed by atoms with Gasteiger partial charge in [-0.25, -0.2) is 0 Å². The van der Waals surface area contributed by atoms with Crippen LogP contribution in [0.2, 0.25) is 0 Å². The number of ketones is 1. The molecule has 182 valence electrons. The van der Waals surface area contributed by atoms with Crippen LogP contribution < -0.4 is 10.1 Å². The largest absolute Gasteiger partial charge is 0.494 e. The number of allylic oxidation sites excluding steroid dienone is 1. The lowest BCUT2D eigenvalue weighted by molar-refractivity contribution is -0.123. The zero-order valence-electron chi connectivity index (χ0n) is 20.1. The Balaban J connectivity index is 1.10. The molecule has 2 amide bonds. The maximum atomic E-state index is 12.2. The summed E-state index contributed by atoms with van der Waals surface area (Å²) in [5, 5.41) is 2.27. The van der Waals surface area contributed by atoms with Gasteiger partial charge in [-0.15, -0.1) is 0 Å². The Labute approximate surface area is 211 Å². The molecular weight excluding hydrogens is 450 g/mol. The molecule has 0 fully saturated rings. The number of imide groups is 1. The van der Waals surface area contributed by atoms with Gasteiger partial charge in [0.15, 0.2) is 5.78 Å². The summed E-state index contributed by atoms with van der Waals surface area (Å²) in [5.74, 6) is 0.123. The molecule has 0 unspecified atom stereocenters. The highest BCUT2D eigenvalue weighted by Crippen LogP contribution is 2.20. The Bertz CT molecular complexity index is 1260. The molecular formula is C31H29NO4. The molecule has 3 aromatic rings. The van der Waals surface area contributed by atoms with Crippen LogP contribution in [0.25, 0.3) is 11.6 Å². The van der Waals surface area contributed by atoms with Gasteiger partial charge in [-0.2, -0.15) is 0 Å². The minimum absolute atomic E-state index is 0.0126.